The van der Waals surface area contributed by atoms with E-state index in [1.165, 1.54) is 11.1 Å². The number of hydrogen-bond acceptors (Lipinski definition) is 4. The van der Waals surface area contributed by atoms with Gasteiger partial charge in [0, 0.05) is 11.1 Å². The third-order valence-electron chi connectivity index (χ3n) is 5.15. The number of methoxy groups -OCH3 is 1. The molecule has 0 fully saturated rings. The van der Waals surface area contributed by atoms with Crippen LogP contribution >= 0.6 is 11.3 Å². The zero-order valence-corrected chi connectivity index (χ0v) is 18.8. The lowest BCUT2D eigenvalue weighted by molar-refractivity contribution is 0.411. The molecule has 0 N–H and O–H groups in total. The molecule has 152 valence electrons. The molecule has 1 aromatic rings. The van der Waals surface area contributed by atoms with Crippen LogP contribution in [0.5, 0.6) is 5.75 Å². The predicted octanol–water partition coefficient (Wildman–Crippen LogP) is 6.70. The van der Waals surface area contributed by atoms with Crippen LogP contribution in [-0.4, -0.2) is 12.1 Å². The van der Waals surface area contributed by atoms with Gasteiger partial charge < -0.3 is 4.74 Å². The van der Waals surface area contributed by atoms with Crippen molar-refractivity contribution in [2.75, 3.05) is 7.11 Å². The van der Waals surface area contributed by atoms with E-state index in [0.29, 0.717) is 11.3 Å². The normalized spacial score (nSPS) is 11.8. The van der Waals surface area contributed by atoms with Crippen LogP contribution in [0.3, 0.4) is 0 Å². The Bertz CT molecular complexity index is 1100. The van der Waals surface area contributed by atoms with E-state index in [0.717, 1.165) is 52.0 Å². The van der Waals surface area contributed by atoms with Crippen molar-refractivity contribution in [1.29, 1.82) is 0 Å². The summed E-state index contributed by atoms with van der Waals surface area (Å²) in [7, 11) is 1.61. The maximum Gasteiger partial charge on any atom is 0.189 e. The van der Waals surface area contributed by atoms with E-state index in [1.54, 1.807) is 18.4 Å². The molecule has 0 spiro atoms. The Morgan fingerprint density at radius 3 is 2.62 bits per heavy atom. The Morgan fingerprint density at radius 1 is 1.14 bits per heavy atom. The van der Waals surface area contributed by atoms with E-state index in [-0.39, 0.29) is 5.43 Å². The fourth-order valence-electron chi connectivity index (χ4n) is 3.56. The Balaban J connectivity index is 1.97. The first-order chi connectivity index (χ1) is 13.9. The molecular weight excluding hydrogens is 378 g/mol. The summed E-state index contributed by atoms with van der Waals surface area (Å²) < 4.78 is 6.66. The Kier molecular flexibility index (Phi) is 6.86. The molecule has 3 nitrogen and oxygen atoms in total. The average Bonchev–Trinajstić information content (AvgIpc) is 2.70. The van der Waals surface area contributed by atoms with Crippen molar-refractivity contribution in [2.45, 2.75) is 53.4 Å². The number of allylic oxidation sites excluding steroid dienone is 4. The van der Waals surface area contributed by atoms with Crippen LogP contribution in [0.1, 0.15) is 51.2 Å². The second-order valence-electron chi connectivity index (χ2n) is 7.73. The van der Waals surface area contributed by atoms with Crippen molar-refractivity contribution in [1.82, 2.24) is 4.98 Å². The molecule has 0 saturated heterocycles. The van der Waals surface area contributed by atoms with Crippen LogP contribution in [0.4, 0.5) is 0 Å². The Morgan fingerprint density at radius 2 is 1.90 bits per heavy atom. The van der Waals surface area contributed by atoms with Gasteiger partial charge in [0.05, 0.1) is 22.2 Å². The van der Waals surface area contributed by atoms with Gasteiger partial charge in [-0.1, -0.05) is 35.4 Å². The van der Waals surface area contributed by atoms with Crippen LogP contribution in [0, 0.1) is 6.92 Å². The van der Waals surface area contributed by atoms with E-state index in [1.807, 2.05) is 25.1 Å². The molecule has 3 rings (SSSR count). The van der Waals surface area contributed by atoms with E-state index in [9.17, 15) is 4.79 Å². The van der Waals surface area contributed by atoms with Gasteiger partial charge >= 0.3 is 0 Å². The molecule has 2 aliphatic rings. The summed E-state index contributed by atoms with van der Waals surface area (Å²) in [6.07, 6.45) is 8.24. The van der Waals surface area contributed by atoms with Gasteiger partial charge in [-0.3, -0.25) is 4.79 Å². The third kappa shape index (κ3) is 4.76. The van der Waals surface area contributed by atoms with Crippen LogP contribution in [0.2, 0.25) is 0 Å². The third-order valence-corrected chi connectivity index (χ3v) is 6.36. The fraction of sp³-hybridized carbons (Fsp3) is 0.360. The molecule has 29 heavy (non-hydrogen) atoms. The zero-order chi connectivity index (χ0) is 21.0. The van der Waals surface area contributed by atoms with Crippen molar-refractivity contribution >= 4 is 21.6 Å². The molecule has 4 heteroatoms. The first-order valence-corrected chi connectivity index (χ1v) is 10.9. The number of nitrogens with zero attached hydrogens (tertiary/aromatic N) is 1. The summed E-state index contributed by atoms with van der Waals surface area (Å²) in [4.78, 5) is 18.9. The monoisotopic (exact) mass is 407 g/mol. The van der Waals surface area contributed by atoms with Gasteiger partial charge in [-0.2, -0.15) is 0 Å². The molecular formula is C25H29NO2S. The first kappa shape index (κ1) is 21.3. The predicted molar refractivity (Wildman–Crippen MR) is 125 cm³/mol. The number of aromatic nitrogens is 1. The highest BCUT2D eigenvalue weighted by Gasteiger charge is 2.23. The second-order valence-corrected chi connectivity index (χ2v) is 8.79. The molecule has 0 bridgehead atoms. The van der Waals surface area contributed by atoms with Gasteiger partial charge in [-0.05, 0) is 65.5 Å². The summed E-state index contributed by atoms with van der Waals surface area (Å²) in [6, 6.07) is 8.05. The number of hydrogen-bond donors (Lipinski definition) is 0. The van der Waals surface area contributed by atoms with E-state index in [4.69, 9.17) is 9.72 Å². The van der Waals surface area contributed by atoms with Crippen molar-refractivity contribution < 1.29 is 4.74 Å². The topological polar surface area (TPSA) is 39.2 Å². The Hall–Kier alpha value is -2.46. The molecule has 0 saturated carbocycles. The maximum atomic E-state index is 13.1. The van der Waals surface area contributed by atoms with Crippen molar-refractivity contribution in [2.24, 2.45) is 0 Å². The number of rotatable bonds is 7. The zero-order valence-electron chi connectivity index (χ0n) is 18.0. The van der Waals surface area contributed by atoms with Crippen LogP contribution in [-0.2, 0) is 6.42 Å². The minimum Gasteiger partial charge on any atom is -0.494 e. The molecule has 0 unspecified atom stereocenters. The fourth-order valence-corrected chi connectivity index (χ4v) is 4.70. The van der Waals surface area contributed by atoms with E-state index in [2.05, 4.69) is 39.0 Å². The molecule has 0 amide bonds. The highest BCUT2D eigenvalue weighted by Crippen LogP contribution is 2.39. The second kappa shape index (κ2) is 9.36. The molecule has 1 heterocycles. The summed E-state index contributed by atoms with van der Waals surface area (Å²) in [5.74, 6) is 0.601. The van der Waals surface area contributed by atoms with Crippen molar-refractivity contribution in [3.05, 3.63) is 68.9 Å². The lowest BCUT2D eigenvalue weighted by Crippen LogP contribution is -2.16. The minimum absolute atomic E-state index is 0.0817. The van der Waals surface area contributed by atoms with Crippen molar-refractivity contribution in [3.8, 4) is 16.3 Å². The van der Waals surface area contributed by atoms with Crippen molar-refractivity contribution in [3.63, 3.8) is 0 Å². The number of para-hydroxylation sites is 1. The Labute approximate surface area is 177 Å². The van der Waals surface area contributed by atoms with Gasteiger partial charge in [-0.15, -0.1) is 11.3 Å². The average molecular weight is 408 g/mol. The van der Waals surface area contributed by atoms with Crippen LogP contribution < -0.4 is 10.2 Å². The summed E-state index contributed by atoms with van der Waals surface area (Å²) in [5.41, 5.74) is 6.05. The largest absolute Gasteiger partial charge is 0.494 e. The number of ether oxygens (including phenoxy) is 1. The van der Waals surface area contributed by atoms with E-state index >= 15 is 0 Å². The smallest absolute Gasteiger partial charge is 0.189 e. The molecule has 0 radical (unpaired) electrons. The lowest BCUT2D eigenvalue weighted by atomic mass is 9.99. The highest BCUT2D eigenvalue weighted by atomic mass is 32.1. The van der Waals surface area contributed by atoms with Gasteiger partial charge in [0.1, 0.15) is 5.69 Å². The lowest BCUT2D eigenvalue weighted by Gasteiger charge is -2.16. The summed E-state index contributed by atoms with van der Waals surface area (Å²) >= 11 is 1.64. The molecule has 1 aromatic carbocycles. The van der Waals surface area contributed by atoms with Gasteiger partial charge in [0.25, 0.3) is 0 Å². The standard InChI is InChI=1S/C25H29NO2S/c1-16(2)10-8-11-17(3)12-9-13-19-23(27)18(4)24(28-5)22-25(19)29-21-15-7-6-14-20(21)26-22/h6-7,10,12,14-15H,8-9,11,13H2,1-5H3/b17-12+. The molecule has 1 aliphatic heterocycles. The first-order valence-electron chi connectivity index (χ1n) is 10.1. The summed E-state index contributed by atoms with van der Waals surface area (Å²) in [5, 5.41) is 0. The number of fused-ring (bicyclic) bond motifs is 2. The van der Waals surface area contributed by atoms with Gasteiger partial charge in [0.2, 0.25) is 0 Å². The van der Waals surface area contributed by atoms with Gasteiger partial charge in [0.15, 0.2) is 11.2 Å². The molecule has 0 atom stereocenters. The minimum atomic E-state index is 0.0817. The van der Waals surface area contributed by atoms with Crippen LogP contribution in [0.15, 0.2) is 52.4 Å². The molecule has 1 aliphatic carbocycles. The van der Waals surface area contributed by atoms with Crippen LogP contribution in [0.25, 0.3) is 20.8 Å². The quantitative estimate of drug-likeness (QED) is 0.323. The summed E-state index contributed by atoms with van der Waals surface area (Å²) in [6.45, 7) is 8.27. The highest BCUT2D eigenvalue weighted by molar-refractivity contribution is 7.21. The van der Waals surface area contributed by atoms with Gasteiger partial charge in [-0.25, -0.2) is 4.98 Å². The number of benzene rings is 2. The van der Waals surface area contributed by atoms with E-state index < -0.39 is 0 Å². The SMILES string of the molecule is COc1c2nc3ccccc3sc-2c(CC/C=C(\C)CCC=C(C)C)c(=O)c1C. The maximum absolute atomic E-state index is 13.1. The molecule has 0 aromatic heterocycles.